The Bertz CT molecular complexity index is 378. The van der Waals surface area contributed by atoms with E-state index in [1.54, 1.807) is 13.1 Å². The Balaban J connectivity index is 2.18. The maximum absolute atomic E-state index is 13.3. The van der Waals surface area contributed by atoms with Gasteiger partial charge in [0.25, 0.3) is 0 Å². The van der Waals surface area contributed by atoms with Gasteiger partial charge < -0.3 is 10.1 Å². The van der Waals surface area contributed by atoms with Crippen LogP contribution in [0.15, 0.2) is 12.1 Å². The Kier molecular flexibility index (Phi) is 3.54. The van der Waals surface area contributed by atoms with Crippen LogP contribution in [0.1, 0.15) is 25.7 Å². The number of hydrogen-bond donors (Lipinski definition) is 1. The normalized spacial score (nSPS) is 16.4. The third-order valence-corrected chi connectivity index (χ3v) is 3.18. The topological polar surface area (TPSA) is 21.3 Å². The Hall–Kier alpha value is -0.960. The van der Waals surface area contributed by atoms with Crippen molar-refractivity contribution in [2.75, 3.05) is 12.4 Å². The third-order valence-electron chi connectivity index (χ3n) is 2.89. The highest BCUT2D eigenvalue weighted by atomic mass is 35.5. The van der Waals surface area contributed by atoms with Crippen molar-refractivity contribution in [1.82, 2.24) is 0 Å². The van der Waals surface area contributed by atoms with E-state index in [-0.39, 0.29) is 11.9 Å². The number of nitrogens with one attached hydrogen (secondary N) is 1. The second-order valence-corrected chi connectivity index (χ2v) is 4.44. The lowest BCUT2D eigenvalue weighted by Crippen LogP contribution is -2.11. The molecular formula is C12H15ClFNO. The Morgan fingerprint density at radius 3 is 2.69 bits per heavy atom. The number of anilines is 1. The largest absolute Gasteiger partial charge is 0.489 e. The minimum absolute atomic E-state index is 0.229. The predicted octanol–water partition coefficient (Wildman–Crippen LogP) is 3.84. The summed E-state index contributed by atoms with van der Waals surface area (Å²) < 4.78 is 19.1. The summed E-state index contributed by atoms with van der Waals surface area (Å²) in [6.45, 7) is 0. The van der Waals surface area contributed by atoms with E-state index in [1.807, 2.05) is 0 Å². The van der Waals surface area contributed by atoms with Crippen LogP contribution in [0.25, 0.3) is 0 Å². The second kappa shape index (κ2) is 4.91. The first kappa shape index (κ1) is 11.5. The summed E-state index contributed by atoms with van der Waals surface area (Å²) in [4.78, 5) is 0. The molecule has 0 heterocycles. The zero-order valence-electron chi connectivity index (χ0n) is 9.22. The molecule has 2 rings (SSSR count). The first-order chi connectivity index (χ1) is 7.70. The molecule has 1 saturated carbocycles. The van der Waals surface area contributed by atoms with Crippen LogP contribution < -0.4 is 10.1 Å². The molecule has 0 aliphatic heterocycles. The zero-order valence-corrected chi connectivity index (χ0v) is 9.98. The molecule has 1 aliphatic carbocycles. The molecule has 16 heavy (non-hydrogen) atoms. The molecule has 0 amide bonds. The van der Waals surface area contributed by atoms with Gasteiger partial charge >= 0.3 is 0 Å². The van der Waals surface area contributed by atoms with Gasteiger partial charge in [-0.15, -0.1) is 0 Å². The molecule has 1 fully saturated rings. The smallest absolute Gasteiger partial charge is 0.148 e. The quantitative estimate of drug-likeness (QED) is 0.871. The molecule has 0 aromatic heterocycles. The molecule has 2 nitrogen and oxygen atoms in total. The van der Waals surface area contributed by atoms with Gasteiger partial charge in [-0.3, -0.25) is 0 Å². The van der Waals surface area contributed by atoms with Gasteiger partial charge in [0.1, 0.15) is 11.6 Å². The van der Waals surface area contributed by atoms with Gasteiger partial charge in [-0.1, -0.05) is 11.6 Å². The molecule has 0 spiro atoms. The number of benzene rings is 1. The van der Waals surface area contributed by atoms with Crippen molar-refractivity contribution < 1.29 is 9.13 Å². The Labute approximate surface area is 99.7 Å². The molecule has 4 heteroatoms. The van der Waals surface area contributed by atoms with Crippen molar-refractivity contribution in [2.24, 2.45) is 0 Å². The molecule has 1 N–H and O–H groups in total. The van der Waals surface area contributed by atoms with Crippen molar-refractivity contribution in [3.8, 4) is 5.75 Å². The first-order valence-electron chi connectivity index (χ1n) is 5.54. The summed E-state index contributed by atoms with van der Waals surface area (Å²) in [7, 11) is 1.67. The second-order valence-electron chi connectivity index (χ2n) is 4.04. The van der Waals surface area contributed by atoms with Crippen molar-refractivity contribution in [3.05, 3.63) is 23.0 Å². The van der Waals surface area contributed by atoms with E-state index in [4.69, 9.17) is 16.3 Å². The van der Waals surface area contributed by atoms with Crippen molar-refractivity contribution >= 4 is 17.3 Å². The number of halogens is 2. The van der Waals surface area contributed by atoms with Crippen LogP contribution in [0.4, 0.5) is 10.1 Å². The molecule has 88 valence electrons. The Morgan fingerprint density at radius 1 is 1.38 bits per heavy atom. The summed E-state index contributed by atoms with van der Waals surface area (Å²) >= 11 is 5.94. The fraction of sp³-hybridized carbons (Fsp3) is 0.500. The van der Waals surface area contributed by atoms with E-state index in [0.717, 1.165) is 12.8 Å². The molecule has 1 aliphatic rings. The van der Waals surface area contributed by atoms with E-state index in [0.29, 0.717) is 16.5 Å². The van der Waals surface area contributed by atoms with E-state index in [9.17, 15) is 4.39 Å². The molecule has 1 aromatic rings. The highest BCUT2D eigenvalue weighted by Crippen LogP contribution is 2.33. The van der Waals surface area contributed by atoms with Crippen molar-refractivity contribution in [3.63, 3.8) is 0 Å². The van der Waals surface area contributed by atoms with Crippen LogP contribution in [0.2, 0.25) is 5.02 Å². The molecule has 1 aromatic carbocycles. The number of rotatable bonds is 3. The fourth-order valence-electron chi connectivity index (χ4n) is 2.00. The number of hydrogen-bond acceptors (Lipinski definition) is 2. The summed E-state index contributed by atoms with van der Waals surface area (Å²) in [5.41, 5.74) is 0.414. The van der Waals surface area contributed by atoms with Crippen LogP contribution in [0.3, 0.4) is 0 Å². The SMILES string of the molecule is CNc1cc(OC2CCCC2)c(Cl)cc1F. The fourth-order valence-corrected chi connectivity index (χ4v) is 2.19. The van der Waals surface area contributed by atoms with Gasteiger partial charge in [-0.25, -0.2) is 4.39 Å². The summed E-state index contributed by atoms with van der Waals surface area (Å²) in [6, 6.07) is 2.91. The minimum Gasteiger partial charge on any atom is -0.489 e. The van der Waals surface area contributed by atoms with E-state index in [1.165, 1.54) is 18.9 Å². The highest BCUT2D eigenvalue weighted by Gasteiger charge is 2.18. The van der Waals surface area contributed by atoms with Gasteiger partial charge in [-0.05, 0) is 31.7 Å². The molecule has 0 atom stereocenters. The Morgan fingerprint density at radius 2 is 2.06 bits per heavy atom. The minimum atomic E-state index is -0.355. The molecule has 0 saturated heterocycles. The van der Waals surface area contributed by atoms with Crippen LogP contribution >= 0.6 is 11.6 Å². The van der Waals surface area contributed by atoms with Gasteiger partial charge in [0, 0.05) is 13.1 Å². The average molecular weight is 244 g/mol. The van der Waals surface area contributed by atoms with Gasteiger partial charge in [-0.2, -0.15) is 0 Å². The molecule has 0 bridgehead atoms. The monoisotopic (exact) mass is 243 g/mol. The third kappa shape index (κ3) is 2.40. The summed E-state index contributed by atoms with van der Waals surface area (Å²) in [6.07, 6.45) is 4.74. The summed E-state index contributed by atoms with van der Waals surface area (Å²) in [5, 5.41) is 3.11. The zero-order chi connectivity index (χ0) is 11.5. The van der Waals surface area contributed by atoms with Crippen LogP contribution in [0, 0.1) is 5.82 Å². The van der Waals surface area contributed by atoms with Crippen LogP contribution in [-0.2, 0) is 0 Å². The van der Waals surface area contributed by atoms with Gasteiger partial charge in [0.2, 0.25) is 0 Å². The van der Waals surface area contributed by atoms with Gasteiger partial charge in [0.05, 0.1) is 16.8 Å². The lowest BCUT2D eigenvalue weighted by atomic mass is 10.2. The van der Waals surface area contributed by atoms with E-state index < -0.39 is 0 Å². The lowest BCUT2D eigenvalue weighted by Gasteiger charge is -2.15. The van der Waals surface area contributed by atoms with Crippen molar-refractivity contribution in [2.45, 2.75) is 31.8 Å². The molecular weight excluding hydrogens is 229 g/mol. The first-order valence-corrected chi connectivity index (χ1v) is 5.92. The summed E-state index contributed by atoms with van der Waals surface area (Å²) in [5.74, 6) is 0.214. The lowest BCUT2D eigenvalue weighted by molar-refractivity contribution is 0.210. The highest BCUT2D eigenvalue weighted by molar-refractivity contribution is 6.32. The van der Waals surface area contributed by atoms with Crippen LogP contribution in [-0.4, -0.2) is 13.2 Å². The average Bonchev–Trinajstić information content (AvgIpc) is 2.75. The van der Waals surface area contributed by atoms with E-state index in [2.05, 4.69) is 5.32 Å². The van der Waals surface area contributed by atoms with Gasteiger partial charge in [0.15, 0.2) is 0 Å². The number of ether oxygens (including phenoxy) is 1. The molecule has 0 unspecified atom stereocenters. The standard InChI is InChI=1S/C12H15ClFNO/c1-15-11-7-12(9(13)6-10(11)14)16-8-4-2-3-5-8/h6-8,15H,2-5H2,1H3. The predicted molar refractivity (Wildman–Crippen MR) is 63.8 cm³/mol. The van der Waals surface area contributed by atoms with Crippen molar-refractivity contribution in [1.29, 1.82) is 0 Å². The molecule has 0 radical (unpaired) electrons. The van der Waals surface area contributed by atoms with Crippen LogP contribution in [0.5, 0.6) is 5.75 Å². The maximum Gasteiger partial charge on any atom is 0.148 e. The maximum atomic E-state index is 13.3. The van der Waals surface area contributed by atoms with E-state index >= 15 is 0 Å².